The maximum Gasteiger partial charge on any atom is 0.192 e. The summed E-state index contributed by atoms with van der Waals surface area (Å²) in [5, 5.41) is 0.153. The minimum atomic E-state index is -1.93. The highest BCUT2D eigenvalue weighted by Gasteiger charge is 2.41. The molecule has 7 heteroatoms. The van der Waals surface area contributed by atoms with Gasteiger partial charge in [-0.25, -0.2) is 0 Å². The van der Waals surface area contributed by atoms with E-state index in [1.54, 1.807) is 0 Å². The van der Waals surface area contributed by atoms with E-state index in [0.717, 1.165) is 23.8 Å². The number of benzene rings is 2. The molecule has 0 aromatic heterocycles. The van der Waals surface area contributed by atoms with Crippen LogP contribution in [0.3, 0.4) is 0 Å². The van der Waals surface area contributed by atoms with E-state index in [1.165, 1.54) is 0 Å². The van der Waals surface area contributed by atoms with Crippen LogP contribution in [-0.2, 0) is 28.2 Å². The minimum Gasteiger partial charge on any atom is -0.413 e. The summed E-state index contributed by atoms with van der Waals surface area (Å²) in [5.41, 5.74) is 1.96. The van der Waals surface area contributed by atoms with Crippen LogP contribution in [0.5, 0.6) is 0 Å². The molecule has 0 bridgehead atoms. The number of hydrogen-bond donors (Lipinski definition) is 0. The summed E-state index contributed by atoms with van der Waals surface area (Å²) in [6, 6.07) is 20.1. The van der Waals surface area contributed by atoms with Gasteiger partial charge in [-0.15, -0.1) is 0 Å². The lowest BCUT2D eigenvalue weighted by Crippen LogP contribution is -2.46. The van der Waals surface area contributed by atoms with Crippen molar-refractivity contribution in [2.45, 2.75) is 128 Å². The Morgan fingerprint density at radius 3 is 1.86 bits per heavy atom. The van der Waals surface area contributed by atoms with Crippen molar-refractivity contribution in [3.63, 3.8) is 0 Å². The number of carbonyl (C=O) groups excluding carboxylic acids is 1. The molecule has 2 aromatic carbocycles. The van der Waals surface area contributed by atoms with E-state index in [4.69, 9.17) is 23.4 Å². The molecule has 2 aromatic rings. The van der Waals surface area contributed by atoms with Crippen LogP contribution in [0.15, 0.2) is 72.8 Å². The van der Waals surface area contributed by atoms with Gasteiger partial charge < -0.3 is 28.2 Å². The molecule has 2 aliphatic heterocycles. The summed E-state index contributed by atoms with van der Waals surface area (Å²) in [5.74, 6) is 0.630. The highest BCUT2D eigenvalue weighted by Crippen LogP contribution is 2.40. The Morgan fingerprint density at radius 2 is 1.34 bits per heavy atom. The van der Waals surface area contributed by atoms with Gasteiger partial charge in [0.05, 0.1) is 30.5 Å². The van der Waals surface area contributed by atoms with Gasteiger partial charge >= 0.3 is 0 Å². The average Bonchev–Trinajstić information content (AvgIpc) is 2.99. The Kier molecular flexibility index (Phi) is 12.2. The summed E-state index contributed by atoms with van der Waals surface area (Å²) in [6.45, 7) is 18.3. The second kappa shape index (κ2) is 15.4. The summed E-state index contributed by atoms with van der Waals surface area (Å²) in [6.07, 6.45) is 6.51. The Balaban J connectivity index is 1.50. The van der Waals surface area contributed by atoms with E-state index in [1.807, 2.05) is 48.5 Å². The molecule has 2 aliphatic rings. The molecule has 2 heterocycles. The Labute approximate surface area is 266 Å². The molecule has 8 atom stereocenters. The van der Waals surface area contributed by atoms with Gasteiger partial charge in [-0.05, 0) is 30.0 Å². The number of carbonyl (C=O) groups is 1. The van der Waals surface area contributed by atoms with E-state index >= 15 is 0 Å². The van der Waals surface area contributed by atoms with Gasteiger partial charge in [0.25, 0.3) is 0 Å². The third-order valence-corrected chi connectivity index (χ3v) is 13.8. The quantitative estimate of drug-likeness (QED) is 0.134. The van der Waals surface area contributed by atoms with Gasteiger partial charge in [0, 0.05) is 36.8 Å². The standard InChI is InChI=1S/C37H54O6Si/c1-26(2)34(43-44(7,8)37(4,5)6)27(3)19-20-30-23-32(41-35(39-30)28-15-11-9-12-16-28)25-33-24-31(21-22-38)40-36(42-33)29-17-13-10-14-18-29/h9-20,22,26-27,30-36H,21,23-25H2,1-8H3/b20-19+/t27-,30-,31-,32-,33-,34-,35-,36+/m0/s1. The SMILES string of the molecule is CC(C)[C@H](O[Si](C)(C)C(C)(C)C)[C@@H](C)/C=C/[C@H]1C[C@@H](C[C@@H]2C[C@H](CC=O)O[C@@H](c3ccccc3)O2)O[C@@H](c2ccccc2)O1. The molecule has 0 spiro atoms. The smallest absolute Gasteiger partial charge is 0.192 e. The van der Waals surface area contributed by atoms with E-state index in [-0.39, 0.29) is 41.5 Å². The van der Waals surface area contributed by atoms with Crippen LogP contribution in [0.25, 0.3) is 0 Å². The molecule has 0 saturated carbocycles. The van der Waals surface area contributed by atoms with Crippen molar-refractivity contribution in [3.8, 4) is 0 Å². The number of rotatable bonds is 12. The van der Waals surface area contributed by atoms with Gasteiger partial charge in [0.1, 0.15) is 6.29 Å². The zero-order valence-corrected chi connectivity index (χ0v) is 29.0. The lowest BCUT2D eigenvalue weighted by Gasteiger charge is -2.42. The molecule has 0 aliphatic carbocycles. The zero-order chi connectivity index (χ0) is 31.9. The van der Waals surface area contributed by atoms with Gasteiger partial charge in [-0.1, -0.05) is 114 Å². The van der Waals surface area contributed by atoms with Crippen LogP contribution in [0.4, 0.5) is 0 Å². The van der Waals surface area contributed by atoms with Gasteiger partial charge in [-0.3, -0.25) is 0 Å². The van der Waals surface area contributed by atoms with Crippen LogP contribution in [-0.4, -0.2) is 45.1 Å². The predicted octanol–water partition coefficient (Wildman–Crippen LogP) is 8.95. The van der Waals surface area contributed by atoms with Crippen LogP contribution in [0, 0.1) is 11.8 Å². The molecular weight excluding hydrogens is 568 g/mol. The predicted molar refractivity (Wildman–Crippen MR) is 178 cm³/mol. The van der Waals surface area contributed by atoms with Crippen molar-refractivity contribution < 1.29 is 28.2 Å². The first-order valence-corrected chi connectivity index (χ1v) is 19.3. The topological polar surface area (TPSA) is 63.2 Å². The molecule has 6 nitrogen and oxygen atoms in total. The maximum atomic E-state index is 11.4. The molecule has 242 valence electrons. The molecule has 0 N–H and O–H groups in total. The number of hydrogen-bond acceptors (Lipinski definition) is 6. The molecule has 0 radical (unpaired) electrons. The van der Waals surface area contributed by atoms with Crippen LogP contribution >= 0.6 is 0 Å². The number of aldehydes is 1. The minimum absolute atomic E-state index is 0.0836. The summed E-state index contributed by atoms with van der Waals surface area (Å²) >= 11 is 0. The molecule has 0 unspecified atom stereocenters. The molecule has 2 saturated heterocycles. The van der Waals surface area contributed by atoms with Crippen molar-refractivity contribution in [2.75, 3.05) is 0 Å². The molecule has 0 amide bonds. The second-order valence-corrected chi connectivity index (χ2v) is 19.1. The van der Waals surface area contributed by atoms with E-state index in [9.17, 15) is 4.79 Å². The van der Waals surface area contributed by atoms with Gasteiger partial charge in [-0.2, -0.15) is 0 Å². The Hall–Kier alpha value is -2.13. The molecule has 44 heavy (non-hydrogen) atoms. The van der Waals surface area contributed by atoms with Crippen LogP contribution in [0.1, 0.15) is 90.9 Å². The van der Waals surface area contributed by atoms with E-state index in [0.29, 0.717) is 25.2 Å². The third-order valence-electron chi connectivity index (χ3n) is 9.34. The fraction of sp³-hybridized carbons (Fsp3) is 0.595. The maximum absolute atomic E-state index is 11.4. The number of ether oxygens (including phenoxy) is 4. The van der Waals surface area contributed by atoms with E-state index < -0.39 is 20.9 Å². The largest absolute Gasteiger partial charge is 0.413 e. The molecular formula is C37H54O6Si. The van der Waals surface area contributed by atoms with Crippen LogP contribution in [0.2, 0.25) is 18.1 Å². The Bertz CT molecular complexity index is 1180. The van der Waals surface area contributed by atoms with Crippen molar-refractivity contribution in [3.05, 3.63) is 83.9 Å². The monoisotopic (exact) mass is 622 g/mol. The first-order valence-electron chi connectivity index (χ1n) is 16.4. The van der Waals surface area contributed by atoms with Crippen molar-refractivity contribution in [1.82, 2.24) is 0 Å². The molecule has 4 rings (SSSR count). The fourth-order valence-electron chi connectivity index (χ4n) is 5.81. The lowest BCUT2D eigenvalue weighted by molar-refractivity contribution is -0.272. The third kappa shape index (κ3) is 9.44. The lowest BCUT2D eigenvalue weighted by atomic mass is 9.93. The zero-order valence-electron chi connectivity index (χ0n) is 28.0. The summed E-state index contributed by atoms with van der Waals surface area (Å²) in [4.78, 5) is 11.4. The van der Waals surface area contributed by atoms with Crippen molar-refractivity contribution in [2.24, 2.45) is 11.8 Å². The first kappa shape index (κ1) is 34.7. The first-order chi connectivity index (χ1) is 20.9. The second-order valence-electron chi connectivity index (χ2n) is 14.4. The normalized spacial score (nSPS) is 28.2. The van der Waals surface area contributed by atoms with E-state index in [2.05, 4.69) is 78.9 Å². The fourth-order valence-corrected chi connectivity index (χ4v) is 7.33. The highest BCUT2D eigenvalue weighted by atomic mass is 28.4. The van der Waals surface area contributed by atoms with Gasteiger partial charge in [0.15, 0.2) is 20.9 Å². The summed E-state index contributed by atoms with van der Waals surface area (Å²) in [7, 11) is -1.93. The summed E-state index contributed by atoms with van der Waals surface area (Å²) < 4.78 is 32.7. The van der Waals surface area contributed by atoms with Crippen molar-refractivity contribution in [1.29, 1.82) is 0 Å². The Morgan fingerprint density at radius 1 is 0.818 bits per heavy atom. The van der Waals surface area contributed by atoms with Crippen molar-refractivity contribution >= 4 is 14.6 Å². The average molecular weight is 623 g/mol. The van der Waals surface area contributed by atoms with Gasteiger partial charge in [0.2, 0.25) is 0 Å². The molecule has 2 fully saturated rings. The highest BCUT2D eigenvalue weighted by molar-refractivity contribution is 6.74. The van der Waals surface area contributed by atoms with Crippen LogP contribution < -0.4 is 0 Å².